The highest BCUT2D eigenvalue weighted by Gasteiger charge is 2.17. The first-order valence-corrected chi connectivity index (χ1v) is 8.89. The second-order valence-electron chi connectivity index (χ2n) is 6.44. The molecule has 3 heterocycles. The molecule has 6 heteroatoms. The van der Waals surface area contributed by atoms with Crippen LogP contribution in [0.4, 0.5) is 0 Å². The fourth-order valence-corrected chi connectivity index (χ4v) is 3.18. The van der Waals surface area contributed by atoms with Crippen molar-refractivity contribution in [2.24, 2.45) is 0 Å². The van der Waals surface area contributed by atoms with E-state index in [1.165, 1.54) is 0 Å². The van der Waals surface area contributed by atoms with Crippen LogP contribution < -0.4 is 20.1 Å². The van der Waals surface area contributed by atoms with Gasteiger partial charge in [0.25, 0.3) is 0 Å². The average molecular weight is 353 g/mol. The molecule has 1 saturated heterocycles. The molecule has 1 aliphatic rings. The zero-order valence-electron chi connectivity index (χ0n) is 14.8. The van der Waals surface area contributed by atoms with Gasteiger partial charge in [-0.25, -0.2) is 0 Å². The van der Waals surface area contributed by atoms with Gasteiger partial charge in [-0.2, -0.15) is 0 Å². The van der Waals surface area contributed by atoms with Gasteiger partial charge in [0, 0.05) is 30.2 Å². The average Bonchev–Trinajstić information content (AvgIpc) is 3.31. The van der Waals surface area contributed by atoms with Crippen molar-refractivity contribution in [3.63, 3.8) is 0 Å². The molecule has 4 rings (SSSR count). The minimum absolute atomic E-state index is 0.225. The number of hydrogen-bond acceptors (Lipinski definition) is 6. The van der Waals surface area contributed by atoms with Gasteiger partial charge in [0.1, 0.15) is 28.9 Å². The molecular formula is C20H23N3O3. The highest BCUT2D eigenvalue weighted by molar-refractivity contribution is 5.79. The number of nitrogens with one attached hydrogen (secondary N) is 2. The first kappa shape index (κ1) is 16.9. The van der Waals surface area contributed by atoms with Crippen LogP contribution in [-0.2, 0) is 13.1 Å². The second kappa shape index (κ2) is 7.76. The van der Waals surface area contributed by atoms with Crippen molar-refractivity contribution in [2.45, 2.75) is 25.6 Å². The number of fused-ring (bicyclic) bond motifs is 1. The Bertz CT molecular complexity index is 872. The van der Waals surface area contributed by atoms with E-state index in [0.29, 0.717) is 13.1 Å². The predicted octanol–water partition coefficient (Wildman–Crippen LogP) is 2.87. The zero-order valence-corrected chi connectivity index (χ0v) is 14.8. The lowest BCUT2D eigenvalue weighted by Crippen LogP contribution is -2.21. The summed E-state index contributed by atoms with van der Waals surface area (Å²) in [5.41, 5.74) is 1.97. The van der Waals surface area contributed by atoms with E-state index >= 15 is 0 Å². The van der Waals surface area contributed by atoms with Crippen molar-refractivity contribution in [2.75, 3.05) is 20.2 Å². The molecule has 1 aromatic carbocycles. The highest BCUT2D eigenvalue weighted by Crippen LogP contribution is 2.24. The topological polar surface area (TPSA) is 68.5 Å². The van der Waals surface area contributed by atoms with Crippen LogP contribution in [0.2, 0.25) is 0 Å². The molecule has 136 valence electrons. The SMILES string of the molecule is COc1ccc2oc(CNCc3ccncc3O[C@H]3CCNC3)cc2c1. The summed E-state index contributed by atoms with van der Waals surface area (Å²) in [7, 11) is 1.67. The maximum atomic E-state index is 6.08. The molecule has 0 amide bonds. The van der Waals surface area contributed by atoms with E-state index in [0.717, 1.165) is 53.3 Å². The predicted molar refractivity (Wildman–Crippen MR) is 99.4 cm³/mol. The molecule has 1 fully saturated rings. The molecule has 0 unspecified atom stereocenters. The largest absolute Gasteiger partial charge is 0.497 e. The molecule has 6 nitrogen and oxygen atoms in total. The fraction of sp³-hybridized carbons (Fsp3) is 0.350. The van der Waals surface area contributed by atoms with E-state index in [2.05, 4.69) is 15.6 Å². The maximum absolute atomic E-state index is 6.08. The third-order valence-electron chi connectivity index (χ3n) is 4.57. The first-order chi connectivity index (χ1) is 12.8. The lowest BCUT2D eigenvalue weighted by atomic mass is 10.2. The van der Waals surface area contributed by atoms with Gasteiger partial charge in [0.2, 0.25) is 0 Å². The number of methoxy groups -OCH3 is 1. The fourth-order valence-electron chi connectivity index (χ4n) is 3.18. The molecule has 0 aliphatic carbocycles. The smallest absolute Gasteiger partial charge is 0.142 e. The number of nitrogens with zero attached hydrogens (tertiary/aromatic N) is 1. The van der Waals surface area contributed by atoms with Crippen molar-refractivity contribution in [1.82, 2.24) is 15.6 Å². The van der Waals surface area contributed by atoms with Crippen molar-refractivity contribution in [1.29, 1.82) is 0 Å². The molecule has 0 spiro atoms. The van der Waals surface area contributed by atoms with Crippen LogP contribution in [0.5, 0.6) is 11.5 Å². The monoisotopic (exact) mass is 353 g/mol. The summed E-state index contributed by atoms with van der Waals surface area (Å²) in [6.45, 7) is 3.24. The summed E-state index contributed by atoms with van der Waals surface area (Å²) in [5, 5.41) is 7.78. The number of rotatable bonds is 7. The Labute approximate surface area is 152 Å². The molecule has 1 atom stereocenters. The number of pyridine rings is 1. The lowest BCUT2D eigenvalue weighted by molar-refractivity contribution is 0.219. The molecule has 0 radical (unpaired) electrons. The van der Waals surface area contributed by atoms with Crippen LogP contribution in [0, 0.1) is 0 Å². The molecule has 1 aliphatic heterocycles. The number of aromatic nitrogens is 1. The van der Waals surface area contributed by atoms with Gasteiger partial charge in [-0.3, -0.25) is 4.98 Å². The van der Waals surface area contributed by atoms with Crippen molar-refractivity contribution < 1.29 is 13.9 Å². The molecule has 3 aromatic rings. The Kier molecular flexibility index (Phi) is 5.04. The minimum atomic E-state index is 0.225. The number of ether oxygens (including phenoxy) is 2. The van der Waals surface area contributed by atoms with Crippen molar-refractivity contribution >= 4 is 11.0 Å². The number of benzene rings is 1. The lowest BCUT2D eigenvalue weighted by Gasteiger charge is -2.15. The van der Waals surface area contributed by atoms with E-state index in [4.69, 9.17) is 13.9 Å². The van der Waals surface area contributed by atoms with Crippen LogP contribution in [0.25, 0.3) is 11.0 Å². The Hall–Kier alpha value is -2.57. The van der Waals surface area contributed by atoms with Crippen LogP contribution >= 0.6 is 0 Å². The summed E-state index contributed by atoms with van der Waals surface area (Å²) in [4.78, 5) is 4.20. The molecular weight excluding hydrogens is 330 g/mol. The molecule has 2 aromatic heterocycles. The van der Waals surface area contributed by atoms with E-state index in [1.807, 2.05) is 30.3 Å². The standard InChI is InChI=1S/C20H23N3O3/c1-24-16-2-3-19-15(8-16)9-18(26-19)12-23-10-14-4-6-22-13-20(14)25-17-5-7-21-11-17/h2-4,6,8-9,13,17,21,23H,5,7,10-12H2,1H3/t17-/m0/s1. The number of hydrogen-bond donors (Lipinski definition) is 2. The first-order valence-electron chi connectivity index (χ1n) is 8.89. The van der Waals surface area contributed by atoms with Gasteiger partial charge in [0.15, 0.2) is 0 Å². The van der Waals surface area contributed by atoms with E-state index < -0.39 is 0 Å². The van der Waals surface area contributed by atoms with Crippen LogP contribution in [0.3, 0.4) is 0 Å². The van der Waals surface area contributed by atoms with Gasteiger partial charge < -0.3 is 24.5 Å². The molecule has 2 N–H and O–H groups in total. The molecule has 26 heavy (non-hydrogen) atoms. The van der Waals surface area contributed by atoms with Gasteiger partial charge in [0.05, 0.1) is 19.9 Å². The summed E-state index contributed by atoms with van der Waals surface area (Å²) < 4.78 is 17.2. The summed E-state index contributed by atoms with van der Waals surface area (Å²) >= 11 is 0. The Morgan fingerprint density at radius 2 is 2.23 bits per heavy atom. The third-order valence-corrected chi connectivity index (χ3v) is 4.57. The highest BCUT2D eigenvalue weighted by atomic mass is 16.5. The Morgan fingerprint density at radius 1 is 1.27 bits per heavy atom. The summed E-state index contributed by atoms with van der Waals surface area (Å²) in [6.07, 6.45) is 4.85. The minimum Gasteiger partial charge on any atom is -0.497 e. The maximum Gasteiger partial charge on any atom is 0.142 e. The van der Waals surface area contributed by atoms with E-state index in [1.54, 1.807) is 19.5 Å². The zero-order chi connectivity index (χ0) is 17.8. The van der Waals surface area contributed by atoms with Gasteiger partial charge >= 0.3 is 0 Å². The van der Waals surface area contributed by atoms with E-state index in [-0.39, 0.29) is 6.10 Å². The summed E-state index contributed by atoms with van der Waals surface area (Å²) in [5.74, 6) is 2.57. The van der Waals surface area contributed by atoms with E-state index in [9.17, 15) is 0 Å². The van der Waals surface area contributed by atoms with Gasteiger partial charge in [-0.05, 0) is 43.3 Å². The van der Waals surface area contributed by atoms with Crippen molar-refractivity contribution in [3.8, 4) is 11.5 Å². The van der Waals surface area contributed by atoms with Crippen LogP contribution in [0.1, 0.15) is 17.7 Å². The Morgan fingerprint density at radius 3 is 3.08 bits per heavy atom. The molecule has 0 saturated carbocycles. The Balaban J connectivity index is 1.38. The number of furan rings is 1. The van der Waals surface area contributed by atoms with Crippen LogP contribution in [0.15, 0.2) is 47.1 Å². The molecule has 0 bridgehead atoms. The quantitative estimate of drug-likeness (QED) is 0.681. The summed E-state index contributed by atoms with van der Waals surface area (Å²) in [6, 6.07) is 9.85. The van der Waals surface area contributed by atoms with Gasteiger partial charge in [-0.15, -0.1) is 0 Å². The normalized spacial score (nSPS) is 16.9. The van der Waals surface area contributed by atoms with Gasteiger partial charge in [-0.1, -0.05) is 0 Å². The van der Waals surface area contributed by atoms with Crippen LogP contribution in [-0.4, -0.2) is 31.3 Å². The second-order valence-corrected chi connectivity index (χ2v) is 6.44. The van der Waals surface area contributed by atoms with Crippen molar-refractivity contribution in [3.05, 3.63) is 54.0 Å². The third kappa shape index (κ3) is 3.81.